The fraction of sp³-hybridized carbons (Fsp3) is 0.615. The maximum atomic E-state index is 12.8. The molecule has 0 amide bonds. The smallest absolute Gasteiger partial charge is 0.246 e. The van der Waals surface area contributed by atoms with Crippen molar-refractivity contribution in [2.75, 3.05) is 25.0 Å². The molecule has 20 heavy (non-hydrogen) atoms. The van der Waals surface area contributed by atoms with Crippen molar-refractivity contribution in [3.05, 3.63) is 16.7 Å². The number of hydrogen-bond donors (Lipinski definition) is 1. The summed E-state index contributed by atoms with van der Waals surface area (Å²) in [6.07, 6.45) is 3.86. The van der Waals surface area contributed by atoms with Gasteiger partial charge in [-0.25, -0.2) is 13.4 Å². The van der Waals surface area contributed by atoms with Gasteiger partial charge >= 0.3 is 0 Å². The summed E-state index contributed by atoms with van der Waals surface area (Å²) >= 11 is 3.30. The molecule has 1 saturated carbocycles. The first-order chi connectivity index (χ1) is 9.48. The minimum atomic E-state index is -3.50. The van der Waals surface area contributed by atoms with Crippen molar-refractivity contribution in [2.24, 2.45) is 5.92 Å². The Labute approximate surface area is 129 Å². The normalized spacial score (nSPS) is 15.6. The summed E-state index contributed by atoms with van der Waals surface area (Å²) in [6.45, 7) is 5.51. The lowest BCUT2D eigenvalue weighted by Gasteiger charge is -2.21. The Bertz CT molecular complexity index is 573. The molecule has 1 aliphatic rings. The number of pyridine rings is 1. The van der Waals surface area contributed by atoms with Crippen LogP contribution in [0.3, 0.4) is 0 Å². The Morgan fingerprint density at radius 2 is 2.15 bits per heavy atom. The molecule has 0 unspecified atom stereocenters. The molecule has 5 nitrogen and oxygen atoms in total. The first-order valence-corrected chi connectivity index (χ1v) is 9.11. The van der Waals surface area contributed by atoms with E-state index in [4.69, 9.17) is 0 Å². The minimum absolute atomic E-state index is 0.247. The summed E-state index contributed by atoms with van der Waals surface area (Å²) < 4.78 is 27.8. The van der Waals surface area contributed by atoms with Gasteiger partial charge < -0.3 is 5.32 Å². The van der Waals surface area contributed by atoms with E-state index in [1.165, 1.54) is 0 Å². The van der Waals surface area contributed by atoms with E-state index in [0.717, 1.165) is 12.8 Å². The van der Waals surface area contributed by atoms with Crippen molar-refractivity contribution in [1.29, 1.82) is 0 Å². The van der Waals surface area contributed by atoms with Crippen LogP contribution in [-0.2, 0) is 10.0 Å². The SMILES string of the molecule is CCNc1ncc(Br)cc1S(=O)(=O)N(CC)CC1CC1. The number of nitrogens with one attached hydrogen (secondary N) is 1. The average Bonchev–Trinajstić information content (AvgIpc) is 3.22. The van der Waals surface area contributed by atoms with Crippen molar-refractivity contribution < 1.29 is 8.42 Å². The molecule has 2 rings (SSSR count). The third-order valence-electron chi connectivity index (χ3n) is 3.29. The third-order valence-corrected chi connectivity index (χ3v) is 5.68. The quantitative estimate of drug-likeness (QED) is 0.810. The first-order valence-electron chi connectivity index (χ1n) is 6.88. The summed E-state index contributed by atoms with van der Waals surface area (Å²) in [7, 11) is -3.50. The summed E-state index contributed by atoms with van der Waals surface area (Å²) in [6, 6.07) is 1.62. The average molecular weight is 362 g/mol. The Hall–Kier alpha value is -0.660. The number of nitrogens with zero attached hydrogens (tertiary/aromatic N) is 2. The van der Waals surface area contributed by atoms with Crippen LogP contribution in [-0.4, -0.2) is 37.3 Å². The van der Waals surface area contributed by atoms with Crippen molar-refractivity contribution >= 4 is 31.8 Å². The van der Waals surface area contributed by atoms with Crippen molar-refractivity contribution in [3.8, 4) is 0 Å². The molecule has 1 fully saturated rings. The number of halogens is 1. The maximum absolute atomic E-state index is 12.8. The number of aromatic nitrogens is 1. The molecule has 1 heterocycles. The van der Waals surface area contributed by atoms with E-state index in [1.54, 1.807) is 16.6 Å². The highest BCUT2D eigenvalue weighted by Gasteiger charge is 2.32. The van der Waals surface area contributed by atoms with E-state index in [0.29, 0.717) is 35.8 Å². The van der Waals surface area contributed by atoms with Gasteiger partial charge in [0.15, 0.2) is 0 Å². The topological polar surface area (TPSA) is 62.3 Å². The summed E-state index contributed by atoms with van der Waals surface area (Å²) in [5.74, 6) is 0.942. The van der Waals surface area contributed by atoms with Gasteiger partial charge in [0.25, 0.3) is 0 Å². The second kappa shape index (κ2) is 6.41. The van der Waals surface area contributed by atoms with E-state index in [2.05, 4.69) is 26.2 Å². The van der Waals surface area contributed by atoms with Gasteiger partial charge in [-0.3, -0.25) is 0 Å². The zero-order valence-corrected chi connectivity index (χ0v) is 14.2. The fourth-order valence-corrected chi connectivity index (χ4v) is 4.20. The second-order valence-corrected chi connectivity index (χ2v) is 7.75. The van der Waals surface area contributed by atoms with Crippen molar-refractivity contribution in [3.63, 3.8) is 0 Å². The molecule has 0 radical (unpaired) electrons. The van der Waals surface area contributed by atoms with Crippen LogP contribution in [0, 0.1) is 5.92 Å². The number of sulfonamides is 1. The zero-order valence-electron chi connectivity index (χ0n) is 11.8. The van der Waals surface area contributed by atoms with Crippen LogP contribution in [0.15, 0.2) is 21.6 Å². The van der Waals surface area contributed by atoms with E-state index in [-0.39, 0.29) is 4.90 Å². The molecule has 0 aliphatic heterocycles. The van der Waals surface area contributed by atoms with Gasteiger partial charge in [-0.15, -0.1) is 0 Å². The molecule has 1 aromatic heterocycles. The fourth-order valence-electron chi connectivity index (χ4n) is 2.04. The Balaban J connectivity index is 2.37. The van der Waals surface area contributed by atoms with Crippen LogP contribution in [0.1, 0.15) is 26.7 Å². The highest BCUT2D eigenvalue weighted by molar-refractivity contribution is 9.10. The third kappa shape index (κ3) is 3.51. The van der Waals surface area contributed by atoms with Crippen molar-refractivity contribution in [2.45, 2.75) is 31.6 Å². The molecule has 0 aromatic carbocycles. The number of hydrogen-bond acceptors (Lipinski definition) is 4. The van der Waals surface area contributed by atoms with Gasteiger partial charge in [0.2, 0.25) is 10.0 Å². The van der Waals surface area contributed by atoms with Gasteiger partial charge in [-0.1, -0.05) is 6.92 Å². The van der Waals surface area contributed by atoms with Crippen LogP contribution in [0.2, 0.25) is 0 Å². The standard InChI is InChI=1S/C13H20BrN3O2S/c1-3-15-13-12(7-11(14)8-16-13)20(18,19)17(4-2)9-10-5-6-10/h7-8,10H,3-6,9H2,1-2H3,(H,15,16). The highest BCUT2D eigenvalue weighted by atomic mass is 79.9. The molecule has 0 bridgehead atoms. The summed E-state index contributed by atoms with van der Waals surface area (Å²) in [5, 5.41) is 3.02. The molecule has 112 valence electrons. The molecule has 0 spiro atoms. The monoisotopic (exact) mass is 361 g/mol. The Morgan fingerprint density at radius 3 is 2.70 bits per heavy atom. The predicted molar refractivity (Wildman–Crippen MR) is 83.3 cm³/mol. The van der Waals surface area contributed by atoms with E-state index >= 15 is 0 Å². The summed E-state index contributed by atoms with van der Waals surface area (Å²) in [4.78, 5) is 4.43. The van der Waals surface area contributed by atoms with Gasteiger partial charge in [0.05, 0.1) is 0 Å². The van der Waals surface area contributed by atoms with Gasteiger partial charge in [0.1, 0.15) is 10.7 Å². The second-order valence-electron chi connectivity index (χ2n) is 4.93. The van der Waals surface area contributed by atoms with Crippen LogP contribution in [0.25, 0.3) is 0 Å². The molecule has 1 N–H and O–H groups in total. The largest absolute Gasteiger partial charge is 0.369 e. The van der Waals surface area contributed by atoms with Crippen molar-refractivity contribution in [1.82, 2.24) is 9.29 Å². The number of anilines is 1. The highest BCUT2D eigenvalue weighted by Crippen LogP contribution is 2.33. The van der Waals surface area contributed by atoms with E-state index in [9.17, 15) is 8.42 Å². The van der Waals surface area contributed by atoms with Crippen LogP contribution < -0.4 is 5.32 Å². The lowest BCUT2D eigenvalue weighted by Crippen LogP contribution is -2.33. The van der Waals surface area contributed by atoms with Gasteiger partial charge in [-0.05, 0) is 47.7 Å². The molecule has 1 aliphatic carbocycles. The Morgan fingerprint density at radius 1 is 1.45 bits per heavy atom. The van der Waals surface area contributed by atoms with Crippen LogP contribution in [0.4, 0.5) is 5.82 Å². The van der Waals surface area contributed by atoms with E-state index in [1.807, 2.05) is 13.8 Å². The molecule has 1 aromatic rings. The number of rotatable bonds is 7. The molecule has 0 saturated heterocycles. The molecular formula is C13H20BrN3O2S. The van der Waals surface area contributed by atoms with Crippen LogP contribution >= 0.6 is 15.9 Å². The van der Waals surface area contributed by atoms with Crippen LogP contribution in [0.5, 0.6) is 0 Å². The lowest BCUT2D eigenvalue weighted by molar-refractivity contribution is 0.412. The van der Waals surface area contributed by atoms with Gasteiger partial charge in [0, 0.05) is 30.3 Å². The molecule has 0 atom stereocenters. The zero-order chi connectivity index (χ0) is 14.8. The minimum Gasteiger partial charge on any atom is -0.369 e. The van der Waals surface area contributed by atoms with E-state index < -0.39 is 10.0 Å². The van der Waals surface area contributed by atoms with Gasteiger partial charge in [-0.2, -0.15) is 4.31 Å². The maximum Gasteiger partial charge on any atom is 0.246 e. The predicted octanol–water partition coefficient (Wildman–Crippen LogP) is 2.70. The summed E-state index contributed by atoms with van der Waals surface area (Å²) in [5.41, 5.74) is 0. The Kier molecular flexibility index (Phi) is 5.04. The lowest BCUT2D eigenvalue weighted by atomic mass is 10.4. The first kappa shape index (κ1) is 15.7. The molecule has 7 heteroatoms. The molecular weight excluding hydrogens is 342 g/mol.